The summed E-state index contributed by atoms with van der Waals surface area (Å²) in [6.45, 7) is 0. The Hall–Kier alpha value is -3.02. The minimum atomic E-state index is 0.214. The SMILES string of the molecule is Nc1ccc(-c2cc(-c3ccncc3)nc(N)n2)cn1. The van der Waals surface area contributed by atoms with Gasteiger partial charge in [0.25, 0.3) is 0 Å². The Morgan fingerprint density at radius 1 is 0.800 bits per heavy atom. The number of pyridine rings is 2. The molecule has 0 fully saturated rings. The Morgan fingerprint density at radius 3 is 2.15 bits per heavy atom. The van der Waals surface area contributed by atoms with Gasteiger partial charge in [0, 0.05) is 29.7 Å². The van der Waals surface area contributed by atoms with Crippen LogP contribution in [0.3, 0.4) is 0 Å². The van der Waals surface area contributed by atoms with Crippen LogP contribution >= 0.6 is 0 Å². The zero-order valence-corrected chi connectivity index (χ0v) is 10.6. The summed E-state index contributed by atoms with van der Waals surface area (Å²) in [6, 6.07) is 9.17. The summed E-state index contributed by atoms with van der Waals surface area (Å²) in [6.07, 6.45) is 5.07. The first-order valence-corrected chi connectivity index (χ1v) is 5.99. The summed E-state index contributed by atoms with van der Waals surface area (Å²) in [7, 11) is 0. The molecule has 0 aliphatic heterocycles. The van der Waals surface area contributed by atoms with E-state index in [0.717, 1.165) is 16.8 Å². The minimum absolute atomic E-state index is 0.214. The van der Waals surface area contributed by atoms with Gasteiger partial charge in [0.1, 0.15) is 5.82 Å². The van der Waals surface area contributed by atoms with Crippen molar-refractivity contribution in [2.75, 3.05) is 11.5 Å². The third kappa shape index (κ3) is 2.39. The summed E-state index contributed by atoms with van der Waals surface area (Å²) in [5.74, 6) is 0.677. The van der Waals surface area contributed by atoms with Crippen molar-refractivity contribution < 1.29 is 0 Å². The highest BCUT2D eigenvalue weighted by atomic mass is 15.0. The molecule has 0 radical (unpaired) electrons. The predicted molar refractivity (Wildman–Crippen MR) is 77.3 cm³/mol. The molecule has 0 saturated carbocycles. The zero-order chi connectivity index (χ0) is 13.9. The summed E-state index contributed by atoms with van der Waals surface area (Å²) in [5.41, 5.74) is 14.6. The number of nitrogen functional groups attached to an aromatic ring is 2. The van der Waals surface area contributed by atoms with Gasteiger partial charge < -0.3 is 11.5 Å². The van der Waals surface area contributed by atoms with Crippen molar-refractivity contribution in [3.05, 3.63) is 48.9 Å². The lowest BCUT2D eigenvalue weighted by atomic mass is 10.1. The van der Waals surface area contributed by atoms with E-state index in [2.05, 4.69) is 19.9 Å². The van der Waals surface area contributed by atoms with Crippen molar-refractivity contribution in [1.82, 2.24) is 19.9 Å². The molecule has 0 aliphatic rings. The lowest BCUT2D eigenvalue weighted by Gasteiger charge is -2.06. The van der Waals surface area contributed by atoms with Crippen LogP contribution < -0.4 is 11.5 Å². The van der Waals surface area contributed by atoms with E-state index in [1.165, 1.54) is 0 Å². The van der Waals surface area contributed by atoms with Crippen LogP contribution in [0.5, 0.6) is 0 Å². The van der Waals surface area contributed by atoms with Crippen molar-refractivity contribution in [1.29, 1.82) is 0 Å². The third-order valence-corrected chi connectivity index (χ3v) is 2.80. The Balaban J connectivity index is 2.09. The van der Waals surface area contributed by atoms with E-state index in [9.17, 15) is 0 Å². The fraction of sp³-hybridized carbons (Fsp3) is 0. The van der Waals surface area contributed by atoms with Gasteiger partial charge in [0.15, 0.2) is 0 Å². The van der Waals surface area contributed by atoms with Gasteiger partial charge in [-0.1, -0.05) is 0 Å². The summed E-state index contributed by atoms with van der Waals surface area (Å²) >= 11 is 0. The van der Waals surface area contributed by atoms with E-state index in [1.807, 2.05) is 24.3 Å². The van der Waals surface area contributed by atoms with Crippen LogP contribution in [0, 0.1) is 0 Å². The van der Waals surface area contributed by atoms with Gasteiger partial charge in [0.2, 0.25) is 5.95 Å². The maximum Gasteiger partial charge on any atom is 0.221 e. The normalized spacial score (nSPS) is 10.4. The van der Waals surface area contributed by atoms with Gasteiger partial charge in [-0.15, -0.1) is 0 Å². The fourth-order valence-corrected chi connectivity index (χ4v) is 1.84. The third-order valence-electron chi connectivity index (χ3n) is 2.80. The quantitative estimate of drug-likeness (QED) is 0.731. The molecule has 0 spiro atoms. The smallest absolute Gasteiger partial charge is 0.221 e. The molecule has 0 aromatic carbocycles. The molecule has 0 bridgehead atoms. The van der Waals surface area contributed by atoms with Crippen LogP contribution in [-0.4, -0.2) is 19.9 Å². The van der Waals surface area contributed by atoms with Gasteiger partial charge in [-0.05, 0) is 30.3 Å². The number of hydrogen-bond acceptors (Lipinski definition) is 6. The molecule has 0 aliphatic carbocycles. The first kappa shape index (κ1) is 12.0. The predicted octanol–water partition coefficient (Wildman–Crippen LogP) is 1.76. The Kier molecular flexibility index (Phi) is 2.96. The summed E-state index contributed by atoms with van der Waals surface area (Å²) in [5, 5.41) is 0. The summed E-state index contributed by atoms with van der Waals surface area (Å²) < 4.78 is 0. The molecule has 98 valence electrons. The van der Waals surface area contributed by atoms with Crippen molar-refractivity contribution in [2.24, 2.45) is 0 Å². The second-order valence-electron chi connectivity index (χ2n) is 4.20. The molecule has 4 N–H and O–H groups in total. The molecule has 6 heteroatoms. The number of hydrogen-bond donors (Lipinski definition) is 2. The first-order valence-electron chi connectivity index (χ1n) is 5.99. The fourth-order valence-electron chi connectivity index (χ4n) is 1.84. The lowest BCUT2D eigenvalue weighted by Crippen LogP contribution is -1.99. The van der Waals surface area contributed by atoms with Crippen molar-refractivity contribution in [3.8, 4) is 22.5 Å². The Bertz CT molecular complexity index is 724. The minimum Gasteiger partial charge on any atom is -0.384 e. The van der Waals surface area contributed by atoms with Crippen LogP contribution in [0.4, 0.5) is 11.8 Å². The van der Waals surface area contributed by atoms with Crippen molar-refractivity contribution >= 4 is 11.8 Å². The molecule has 3 rings (SSSR count). The average molecular weight is 264 g/mol. The number of aromatic nitrogens is 4. The molecule has 0 unspecified atom stereocenters. The number of rotatable bonds is 2. The van der Waals surface area contributed by atoms with E-state index >= 15 is 0 Å². The van der Waals surface area contributed by atoms with Gasteiger partial charge in [-0.2, -0.15) is 0 Å². The van der Waals surface area contributed by atoms with Crippen LogP contribution in [0.1, 0.15) is 0 Å². The largest absolute Gasteiger partial charge is 0.384 e. The van der Waals surface area contributed by atoms with Gasteiger partial charge in [-0.25, -0.2) is 15.0 Å². The first-order chi connectivity index (χ1) is 9.72. The van der Waals surface area contributed by atoms with E-state index in [0.29, 0.717) is 11.5 Å². The molecule has 3 aromatic heterocycles. The number of nitrogens with zero attached hydrogens (tertiary/aromatic N) is 4. The number of anilines is 2. The molecular formula is C14H12N6. The van der Waals surface area contributed by atoms with Gasteiger partial charge >= 0.3 is 0 Å². The summed E-state index contributed by atoms with van der Waals surface area (Å²) in [4.78, 5) is 16.5. The van der Waals surface area contributed by atoms with Gasteiger partial charge in [0.05, 0.1) is 11.4 Å². The van der Waals surface area contributed by atoms with E-state index < -0.39 is 0 Å². The number of nitrogens with two attached hydrogens (primary N) is 2. The topological polar surface area (TPSA) is 104 Å². The van der Waals surface area contributed by atoms with Crippen LogP contribution in [-0.2, 0) is 0 Å². The molecule has 3 aromatic rings. The second kappa shape index (κ2) is 4.93. The standard InChI is InChI=1S/C14H12N6/c15-13-2-1-10(8-18-13)12-7-11(19-14(16)20-12)9-3-5-17-6-4-9/h1-8H,(H2,15,18)(H2,16,19,20). The lowest BCUT2D eigenvalue weighted by molar-refractivity contribution is 1.18. The van der Waals surface area contributed by atoms with E-state index in [4.69, 9.17) is 11.5 Å². The molecule has 6 nitrogen and oxygen atoms in total. The Labute approximate surface area is 115 Å². The molecular weight excluding hydrogens is 252 g/mol. The van der Waals surface area contributed by atoms with Crippen molar-refractivity contribution in [3.63, 3.8) is 0 Å². The van der Waals surface area contributed by atoms with Crippen molar-refractivity contribution in [2.45, 2.75) is 0 Å². The molecule has 0 atom stereocenters. The second-order valence-corrected chi connectivity index (χ2v) is 4.20. The van der Waals surface area contributed by atoms with Crippen LogP contribution in [0.2, 0.25) is 0 Å². The van der Waals surface area contributed by atoms with E-state index in [-0.39, 0.29) is 5.95 Å². The monoisotopic (exact) mass is 264 g/mol. The van der Waals surface area contributed by atoms with E-state index in [1.54, 1.807) is 24.7 Å². The Morgan fingerprint density at radius 2 is 1.50 bits per heavy atom. The maximum absolute atomic E-state index is 5.78. The highest BCUT2D eigenvalue weighted by Gasteiger charge is 2.07. The molecule has 20 heavy (non-hydrogen) atoms. The highest BCUT2D eigenvalue weighted by molar-refractivity contribution is 5.68. The zero-order valence-electron chi connectivity index (χ0n) is 10.6. The van der Waals surface area contributed by atoms with Crippen LogP contribution in [0.15, 0.2) is 48.9 Å². The molecule has 0 saturated heterocycles. The maximum atomic E-state index is 5.78. The average Bonchev–Trinajstić information content (AvgIpc) is 2.48. The van der Waals surface area contributed by atoms with Crippen LogP contribution in [0.25, 0.3) is 22.5 Å². The molecule has 0 amide bonds. The van der Waals surface area contributed by atoms with Gasteiger partial charge in [-0.3, -0.25) is 4.98 Å². The molecule has 3 heterocycles. The highest BCUT2D eigenvalue weighted by Crippen LogP contribution is 2.23.